The van der Waals surface area contributed by atoms with Crippen molar-refractivity contribution in [3.8, 4) is 5.75 Å². The number of phenols is 1. The predicted molar refractivity (Wildman–Crippen MR) is 78.9 cm³/mol. The number of phenolic OH excluding ortho intramolecular Hbond substituents is 1. The van der Waals surface area contributed by atoms with Crippen LogP contribution in [0.2, 0.25) is 0 Å². The Morgan fingerprint density at radius 3 is 2.86 bits per heavy atom. The molecule has 5 heteroatoms. The molecule has 2 unspecified atom stereocenters. The van der Waals surface area contributed by atoms with Crippen molar-refractivity contribution in [2.45, 2.75) is 18.8 Å². The lowest BCUT2D eigenvalue weighted by atomic mass is 10.1. The van der Waals surface area contributed by atoms with E-state index in [2.05, 4.69) is 10.4 Å². The Morgan fingerprint density at radius 1 is 1.43 bits per heavy atom. The molecule has 0 saturated heterocycles. The summed E-state index contributed by atoms with van der Waals surface area (Å²) < 4.78 is 1.77. The molecule has 0 spiro atoms. The quantitative estimate of drug-likeness (QED) is 0.876. The molecule has 1 aromatic heterocycles. The van der Waals surface area contributed by atoms with E-state index in [1.54, 1.807) is 16.8 Å². The summed E-state index contributed by atoms with van der Waals surface area (Å²) in [6, 6.07) is 7.07. The summed E-state index contributed by atoms with van der Waals surface area (Å²) >= 11 is 0. The Bertz CT molecular complexity index is 633. The van der Waals surface area contributed by atoms with E-state index in [-0.39, 0.29) is 17.6 Å². The van der Waals surface area contributed by atoms with Crippen LogP contribution in [0.5, 0.6) is 5.75 Å². The average Bonchev–Trinajstić information content (AvgIpc) is 3.16. The molecular formula is C16H19N3O2. The minimum atomic E-state index is 0.0917. The molecule has 1 aliphatic carbocycles. The number of nitrogens with zero attached hydrogens (tertiary/aromatic N) is 2. The number of carbonyl (C=O) groups is 1. The first-order valence-electron chi connectivity index (χ1n) is 7.17. The topological polar surface area (TPSA) is 67.2 Å². The third-order valence-electron chi connectivity index (χ3n) is 3.93. The van der Waals surface area contributed by atoms with Gasteiger partial charge in [0.15, 0.2) is 0 Å². The fraction of sp³-hybridized carbons (Fsp3) is 0.375. The van der Waals surface area contributed by atoms with Crippen molar-refractivity contribution in [3.05, 3.63) is 47.8 Å². The van der Waals surface area contributed by atoms with E-state index in [4.69, 9.17) is 0 Å². The van der Waals surface area contributed by atoms with Gasteiger partial charge in [0.25, 0.3) is 0 Å². The Labute approximate surface area is 123 Å². The second-order valence-electron chi connectivity index (χ2n) is 5.60. The number of carbonyl (C=O) groups excluding carboxylic acids is 1. The summed E-state index contributed by atoms with van der Waals surface area (Å²) in [7, 11) is 1.89. The number of amides is 1. The Balaban J connectivity index is 1.44. The van der Waals surface area contributed by atoms with Gasteiger partial charge in [-0.1, -0.05) is 12.1 Å². The molecule has 0 bridgehead atoms. The number of nitrogens with one attached hydrogen (secondary N) is 1. The van der Waals surface area contributed by atoms with Crippen molar-refractivity contribution in [3.63, 3.8) is 0 Å². The van der Waals surface area contributed by atoms with Gasteiger partial charge in [0.1, 0.15) is 5.75 Å². The van der Waals surface area contributed by atoms with Gasteiger partial charge in [-0.2, -0.15) is 5.10 Å². The fourth-order valence-electron chi connectivity index (χ4n) is 2.61. The van der Waals surface area contributed by atoms with Crippen molar-refractivity contribution in [1.29, 1.82) is 0 Å². The highest BCUT2D eigenvalue weighted by Gasteiger charge is 2.44. The van der Waals surface area contributed by atoms with E-state index in [1.165, 1.54) is 0 Å². The minimum absolute atomic E-state index is 0.0917. The average molecular weight is 285 g/mol. The van der Waals surface area contributed by atoms with Crippen molar-refractivity contribution >= 4 is 5.91 Å². The van der Waals surface area contributed by atoms with Gasteiger partial charge in [-0.3, -0.25) is 9.48 Å². The normalized spacial score (nSPS) is 20.2. The highest BCUT2D eigenvalue weighted by atomic mass is 16.3. The molecule has 1 aliphatic rings. The van der Waals surface area contributed by atoms with Crippen LogP contribution < -0.4 is 5.32 Å². The highest BCUT2D eigenvalue weighted by Crippen LogP contribution is 2.47. The van der Waals surface area contributed by atoms with Crippen LogP contribution in [0.3, 0.4) is 0 Å². The zero-order valence-electron chi connectivity index (χ0n) is 12.0. The largest absolute Gasteiger partial charge is 0.508 e. The van der Waals surface area contributed by atoms with Crippen LogP contribution in [0.15, 0.2) is 36.7 Å². The number of benzene rings is 1. The third kappa shape index (κ3) is 3.24. The van der Waals surface area contributed by atoms with Crippen LogP contribution in [0.25, 0.3) is 0 Å². The Kier molecular flexibility index (Phi) is 3.64. The number of hydrogen-bond acceptors (Lipinski definition) is 3. The summed E-state index contributed by atoms with van der Waals surface area (Å²) in [6.45, 7) is 0.625. The van der Waals surface area contributed by atoms with E-state index in [0.29, 0.717) is 12.5 Å². The van der Waals surface area contributed by atoms with E-state index < -0.39 is 0 Å². The number of aryl methyl sites for hydroxylation is 1. The second-order valence-corrected chi connectivity index (χ2v) is 5.60. The van der Waals surface area contributed by atoms with Crippen molar-refractivity contribution in [2.24, 2.45) is 13.0 Å². The van der Waals surface area contributed by atoms with E-state index in [1.807, 2.05) is 31.6 Å². The van der Waals surface area contributed by atoms with Gasteiger partial charge in [0.2, 0.25) is 5.91 Å². The van der Waals surface area contributed by atoms with Gasteiger partial charge in [-0.25, -0.2) is 0 Å². The zero-order valence-corrected chi connectivity index (χ0v) is 12.0. The predicted octanol–water partition coefficient (Wildman–Crippen LogP) is 1.59. The lowest BCUT2D eigenvalue weighted by molar-refractivity contribution is -0.122. The van der Waals surface area contributed by atoms with Gasteiger partial charge in [0.05, 0.1) is 6.20 Å². The summed E-state index contributed by atoms with van der Waals surface area (Å²) in [5.74, 6) is 0.809. The first-order chi connectivity index (χ1) is 10.1. The van der Waals surface area contributed by atoms with Crippen molar-refractivity contribution in [2.75, 3.05) is 6.54 Å². The summed E-state index contributed by atoms with van der Waals surface area (Å²) in [4.78, 5) is 12.1. The summed E-state index contributed by atoms with van der Waals surface area (Å²) in [5.41, 5.74) is 2.25. The Hall–Kier alpha value is -2.30. The van der Waals surface area contributed by atoms with Crippen LogP contribution in [-0.4, -0.2) is 27.3 Å². The maximum atomic E-state index is 12.1. The molecule has 110 valence electrons. The van der Waals surface area contributed by atoms with Gasteiger partial charge < -0.3 is 10.4 Å². The van der Waals surface area contributed by atoms with Crippen LogP contribution >= 0.6 is 0 Å². The van der Waals surface area contributed by atoms with Gasteiger partial charge in [0, 0.05) is 25.7 Å². The smallest absolute Gasteiger partial charge is 0.223 e. The highest BCUT2D eigenvalue weighted by molar-refractivity contribution is 5.82. The van der Waals surface area contributed by atoms with Crippen LogP contribution in [0.1, 0.15) is 23.5 Å². The van der Waals surface area contributed by atoms with Gasteiger partial charge in [-0.15, -0.1) is 0 Å². The van der Waals surface area contributed by atoms with Crippen molar-refractivity contribution in [1.82, 2.24) is 15.1 Å². The van der Waals surface area contributed by atoms with Gasteiger partial charge in [-0.05, 0) is 42.0 Å². The minimum Gasteiger partial charge on any atom is -0.508 e. The molecule has 1 aromatic carbocycles. The number of hydrogen-bond donors (Lipinski definition) is 2. The molecule has 2 aromatic rings. The Morgan fingerprint density at radius 2 is 2.19 bits per heavy atom. The molecule has 1 saturated carbocycles. The molecule has 1 amide bonds. The molecule has 2 atom stereocenters. The fourth-order valence-corrected chi connectivity index (χ4v) is 2.61. The van der Waals surface area contributed by atoms with E-state index in [9.17, 15) is 9.90 Å². The SMILES string of the molecule is Cn1cc(C2CC2C(=O)NCCc2ccc(O)cc2)cn1. The molecule has 1 heterocycles. The molecule has 5 nitrogen and oxygen atoms in total. The first kappa shape index (κ1) is 13.7. The number of aromatic hydroxyl groups is 1. The van der Waals surface area contributed by atoms with Crippen LogP contribution in [0, 0.1) is 5.92 Å². The molecule has 21 heavy (non-hydrogen) atoms. The monoisotopic (exact) mass is 285 g/mol. The number of aromatic nitrogens is 2. The van der Waals surface area contributed by atoms with E-state index >= 15 is 0 Å². The number of rotatable bonds is 5. The third-order valence-corrected chi connectivity index (χ3v) is 3.93. The molecule has 3 rings (SSSR count). The summed E-state index contributed by atoms with van der Waals surface area (Å²) in [6.07, 6.45) is 5.51. The van der Waals surface area contributed by atoms with Gasteiger partial charge >= 0.3 is 0 Å². The second kappa shape index (κ2) is 5.60. The molecular weight excluding hydrogens is 266 g/mol. The lowest BCUT2D eigenvalue weighted by Gasteiger charge is -2.05. The molecule has 1 fully saturated rings. The summed E-state index contributed by atoms with van der Waals surface area (Å²) in [5, 5.41) is 16.3. The van der Waals surface area contributed by atoms with Crippen molar-refractivity contribution < 1.29 is 9.90 Å². The van der Waals surface area contributed by atoms with Crippen LogP contribution in [-0.2, 0) is 18.3 Å². The zero-order chi connectivity index (χ0) is 14.8. The molecule has 0 radical (unpaired) electrons. The lowest BCUT2D eigenvalue weighted by Crippen LogP contribution is -2.27. The molecule has 0 aliphatic heterocycles. The maximum absolute atomic E-state index is 12.1. The maximum Gasteiger partial charge on any atom is 0.223 e. The van der Waals surface area contributed by atoms with E-state index in [0.717, 1.165) is 24.0 Å². The first-order valence-corrected chi connectivity index (χ1v) is 7.17. The molecule has 2 N–H and O–H groups in total. The standard InChI is InChI=1S/C16H19N3O2/c1-19-10-12(9-18-19)14-8-15(14)16(21)17-7-6-11-2-4-13(20)5-3-11/h2-5,9-10,14-15,20H,6-8H2,1H3,(H,17,21). The van der Waals surface area contributed by atoms with Crippen LogP contribution in [0.4, 0.5) is 0 Å².